The molecule has 7 nitrogen and oxygen atoms in total. The highest BCUT2D eigenvalue weighted by molar-refractivity contribution is 7.71. The predicted octanol–water partition coefficient (Wildman–Crippen LogP) is 10.1. The molecule has 282 valence electrons. The molecule has 6 aromatic carbocycles. The largest absolute Gasteiger partial charge is 0.358 e. The summed E-state index contributed by atoms with van der Waals surface area (Å²) in [5.41, 5.74) is 3.88. The number of ether oxygens (including phenoxy) is 3. The Hall–Kier alpha value is -6.10. The zero-order valence-electron chi connectivity index (χ0n) is 30.8. The van der Waals surface area contributed by atoms with Crippen molar-refractivity contribution in [1.82, 2.24) is 19.5 Å². The summed E-state index contributed by atoms with van der Waals surface area (Å²) >= 11 is 5.49. The summed E-state index contributed by atoms with van der Waals surface area (Å²) in [6.07, 6.45) is -1.89. The van der Waals surface area contributed by atoms with Gasteiger partial charge in [0.25, 0.3) is 0 Å². The minimum atomic E-state index is -1.69. The van der Waals surface area contributed by atoms with E-state index in [-0.39, 0.29) is 6.61 Å². The van der Waals surface area contributed by atoms with Crippen LogP contribution in [0.1, 0.15) is 39.6 Å². The molecule has 0 unspecified atom stereocenters. The molecule has 3 heterocycles. The number of fused-ring (bicyclic) bond motifs is 1. The highest BCUT2D eigenvalue weighted by Crippen LogP contribution is 2.47. The topological polar surface area (TPSA) is 74.2 Å². The number of benzene rings is 6. The van der Waals surface area contributed by atoms with Gasteiger partial charge in [0.05, 0.1) is 19.3 Å². The molecule has 1 N–H and O–H groups in total. The second-order valence-corrected chi connectivity index (χ2v) is 14.4. The second-order valence-electron chi connectivity index (χ2n) is 14.0. The Morgan fingerprint density at radius 1 is 0.596 bits per heavy atom. The molecule has 0 bridgehead atoms. The summed E-state index contributed by atoms with van der Waals surface area (Å²) in [7, 11) is 0. The average molecular weight is 771 g/mol. The highest BCUT2D eigenvalue weighted by atomic mass is 32.1. The second kappa shape index (κ2) is 15.8. The lowest BCUT2D eigenvalue weighted by atomic mass is 9.79. The zero-order valence-corrected chi connectivity index (χ0v) is 31.7. The van der Waals surface area contributed by atoms with E-state index in [9.17, 15) is 0 Å². The lowest BCUT2D eigenvalue weighted by Gasteiger charge is -2.40. The monoisotopic (exact) mass is 770 g/mol. The first-order valence-electron chi connectivity index (χ1n) is 18.9. The van der Waals surface area contributed by atoms with Crippen molar-refractivity contribution >= 4 is 23.4 Å². The van der Waals surface area contributed by atoms with Crippen LogP contribution in [0.4, 0.5) is 4.39 Å². The number of hydrogen-bond acceptors (Lipinski definition) is 6. The molecule has 0 aliphatic carbocycles. The fraction of sp³-hybridized carbons (Fsp3) is 0.146. The molecule has 0 amide bonds. The van der Waals surface area contributed by atoms with Gasteiger partial charge >= 0.3 is 0 Å². The van der Waals surface area contributed by atoms with Gasteiger partial charge in [-0.3, -0.25) is 4.57 Å². The number of nitrogens with zero attached hydrogens (tertiary/aromatic N) is 3. The van der Waals surface area contributed by atoms with Crippen molar-refractivity contribution in [3.05, 3.63) is 233 Å². The van der Waals surface area contributed by atoms with E-state index in [0.29, 0.717) is 15.8 Å². The fourth-order valence-electron chi connectivity index (χ4n) is 8.16. The summed E-state index contributed by atoms with van der Waals surface area (Å²) in [5.74, 6) is 0. The molecule has 8 aromatic rings. The van der Waals surface area contributed by atoms with Crippen molar-refractivity contribution < 1.29 is 18.6 Å². The number of H-pyrrole nitrogens is 1. The van der Waals surface area contributed by atoms with E-state index in [1.165, 1.54) is 12.7 Å². The predicted molar refractivity (Wildman–Crippen MR) is 221 cm³/mol. The Balaban J connectivity index is 1.21. The number of imidazole rings is 1. The van der Waals surface area contributed by atoms with Crippen molar-refractivity contribution in [2.45, 2.75) is 35.8 Å². The summed E-state index contributed by atoms with van der Waals surface area (Å²) < 4.78 is 41.5. The van der Waals surface area contributed by atoms with Crippen LogP contribution in [0.5, 0.6) is 0 Å². The first-order valence-corrected chi connectivity index (χ1v) is 19.3. The van der Waals surface area contributed by atoms with Crippen LogP contribution >= 0.6 is 12.2 Å². The molecule has 9 heteroatoms. The quantitative estimate of drug-likeness (QED) is 0.0985. The van der Waals surface area contributed by atoms with Gasteiger partial charge in [-0.1, -0.05) is 194 Å². The molecule has 0 saturated carbocycles. The standard InChI is InChI=1S/C48H39FN4O3S/c49-41-43(56-48(37-25-13-4-14-26-37,38-27-15-5-16-28-38)39-29-17-6-18-30-39)40(55-46(41)53-33-52-42-44(53)50-32-51-45(42)57)31-54-47(34-19-7-1-8-20-34,35-21-9-2-10-22-35)36-23-11-3-12-24-36/h1-30,32-33,40-41,43,46H,31H2,(H,50,51,57)/t40-,41-,43-,46-/m1/s1. The number of rotatable bonds is 12. The maximum absolute atomic E-state index is 18.0. The van der Waals surface area contributed by atoms with Crippen LogP contribution in [-0.4, -0.2) is 44.5 Å². The lowest BCUT2D eigenvalue weighted by Crippen LogP contribution is -2.45. The van der Waals surface area contributed by atoms with Crippen LogP contribution < -0.4 is 0 Å². The molecule has 4 atom stereocenters. The molecule has 0 radical (unpaired) electrons. The summed E-state index contributed by atoms with van der Waals surface area (Å²) in [6, 6.07) is 60.2. The van der Waals surface area contributed by atoms with Crippen molar-refractivity contribution in [2.75, 3.05) is 6.61 Å². The number of aromatic nitrogens is 4. The Labute approximate surface area is 335 Å². The van der Waals surface area contributed by atoms with E-state index in [4.69, 9.17) is 26.4 Å². The van der Waals surface area contributed by atoms with Gasteiger partial charge in [-0.15, -0.1) is 0 Å². The van der Waals surface area contributed by atoms with Gasteiger partial charge in [0.2, 0.25) is 0 Å². The van der Waals surface area contributed by atoms with Gasteiger partial charge in [-0.05, 0) is 33.4 Å². The van der Waals surface area contributed by atoms with E-state index in [0.717, 1.165) is 33.4 Å². The van der Waals surface area contributed by atoms with E-state index >= 15 is 4.39 Å². The van der Waals surface area contributed by atoms with Gasteiger partial charge in [0, 0.05) is 0 Å². The summed E-state index contributed by atoms with van der Waals surface area (Å²) in [5, 5.41) is 0. The molecule has 1 aliphatic heterocycles. The van der Waals surface area contributed by atoms with Gasteiger partial charge in [-0.25, -0.2) is 14.4 Å². The van der Waals surface area contributed by atoms with E-state index < -0.39 is 35.8 Å². The third-order valence-electron chi connectivity index (χ3n) is 10.8. The van der Waals surface area contributed by atoms with Gasteiger partial charge in [-0.2, -0.15) is 0 Å². The summed E-state index contributed by atoms with van der Waals surface area (Å²) in [6.45, 7) is -0.0428. The Morgan fingerprint density at radius 3 is 1.42 bits per heavy atom. The molecular weight excluding hydrogens is 732 g/mol. The average Bonchev–Trinajstić information content (AvgIpc) is 3.85. The Kier molecular flexibility index (Phi) is 10.1. The minimum Gasteiger partial charge on any atom is -0.358 e. The zero-order chi connectivity index (χ0) is 38.7. The van der Waals surface area contributed by atoms with Gasteiger partial charge < -0.3 is 19.2 Å². The number of hydrogen-bond donors (Lipinski definition) is 1. The van der Waals surface area contributed by atoms with Gasteiger partial charge in [0.1, 0.15) is 34.6 Å². The molecule has 1 fully saturated rings. The lowest BCUT2D eigenvalue weighted by molar-refractivity contribution is -0.128. The number of alkyl halides is 1. The number of aromatic amines is 1. The van der Waals surface area contributed by atoms with Crippen LogP contribution in [0.2, 0.25) is 0 Å². The highest BCUT2D eigenvalue weighted by Gasteiger charge is 2.53. The van der Waals surface area contributed by atoms with Crippen LogP contribution in [0, 0.1) is 4.64 Å². The molecule has 57 heavy (non-hydrogen) atoms. The van der Waals surface area contributed by atoms with Crippen molar-refractivity contribution in [3.63, 3.8) is 0 Å². The SMILES string of the molecule is F[C@@H]1[C@H](OC(c2ccccc2)(c2ccccc2)c2ccccc2)[C@@H](COC(c2ccccc2)(c2ccccc2)c2ccccc2)O[C@H]1n1cnc2c(=S)nc[nH]c21. The molecular formula is C48H39FN4O3S. The molecule has 1 saturated heterocycles. The van der Waals surface area contributed by atoms with Crippen LogP contribution in [0.25, 0.3) is 11.2 Å². The number of nitrogens with one attached hydrogen (secondary N) is 1. The summed E-state index contributed by atoms with van der Waals surface area (Å²) in [4.78, 5) is 11.8. The van der Waals surface area contributed by atoms with E-state index in [1.54, 1.807) is 4.57 Å². The third kappa shape index (κ3) is 6.58. The van der Waals surface area contributed by atoms with Crippen LogP contribution in [0.3, 0.4) is 0 Å². The van der Waals surface area contributed by atoms with Crippen LogP contribution in [-0.2, 0) is 25.4 Å². The Morgan fingerprint density at radius 2 is 1.00 bits per heavy atom. The Bertz CT molecular complexity index is 2400. The van der Waals surface area contributed by atoms with E-state index in [1.807, 2.05) is 146 Å². The van der Waals surface area contributed by atoms with Gasteiger partial charge in [0.15, 0.2) is 17.0 Å². The molecule has 0 spiro atoms. The van der Waals surface area contributed by atoms with Crippen LogP contribution in [0.15, 0.2) is 195 Å². The van der Waals surface area contributed by atoms with Crippen molar-refractivity contribution in [2.24, 2.45) is 0 Å². The first-order chi connectivity index (χ1) is 28.1. The van der Waals surface area contributed by atoms with Crippen molar-refractivity contribution in [1.29, 1.82) is 0 Å². The molecule has 2 aromatic heterocycles. The van der Waals surface area contributed by atoms with E-state index in [2.05, 4.69) is 51.4 Å². The maximum Gasteiger partial charge on any atom is 0.174 e. The normalized spacial score (nSPS) is 18.5. The van der Waals surface area contributed by atoms with Crippen molar-refractivity contribution in [3.8, 4) is 0 Å². The third-order valence-corrected chi connectivity index (χ3v) is 11.1. The molecule has 9 rings (SSSR count). The smallest absolute Gasteiger partial charge is 0.174 e. The first kappa shape index (κ1) is 36.5. The minimum absolute atomic E-state index is 0.0428. The maximum atomic E-state index is 18.0. The molecule has 1 aliphatic rings. The fourth-order valence-corrected chi connectivity index (χ4v) is 8.36. The number of halogens is 1.